The van der Waals surface area contributed by atoms with Gasteiger partial charge in [-0.3, -0.25) is 4.79 Å². The van der Waals surface area contributed by atoms with Crippen molar-refractivity contribution >= 4 is 5.97 Å². The Morgan fingerprint density at radius 1 is 1.23 bits per heavy atom. The van der Waals surface area contributed by atoms with E-state index in [-0.39, 0.29) is 5.97 Å². The molecule has 0 saturated heterocycles. The van der Waals surface area contributed by atoms with Gasteiger partial charge in [0.15, 0.2) is 0 Å². The molecular formula is C18H29NO3. The highest BCUT2D eigenvalue weighted by atomic mass is 16.5. The lowest BCUT2D eigenvalue weighted by Crippen LogP contribution is -2.32. The van der Waals surface area contributed by atoms with Gasteiger partial charge in [-0.1, -0.05) is 31.9 Å². The molecule has 4 heteroatoms. The van der Waals surface area contributed by atoms with E-state index in [0.717, 1.165) is 30.6 Å². The average Bonchev–Trinajstić information content (AvgIpc) is 2.52. The lowest BCUT2D eigenvalue weighted by atomic mass is 9.79. The van der Waals surface area contributed by atoms with Gasteiger partial charge in [-0.2, -0.15) is 0 Å². The summed E-state index contributed by atoms with van der Waals surface area (Å²) in [5.74, 6) is 0.701. The average molecular weight is 307 g/mol. The fraction of sp³-hybridized carbons (Fsp3) is 0.611. The third-order valence-electron chi connectivity index (χ3n) is 3.75. The second kappa shape index (κ2) is 9.46. The van der Waals surface area contributed by atoms with Gasteiger partial charge in [0.05, 0.1) is 12.0 Å². The Kier molecular flexibility index (Phi) is 7.96. The van der Waals surface area contributed by atoms with E-state index in [1.54, 1.807) is 0 Å². The maximum Gasteiger partial charge on any atom is 0.312 e. The number of benzene rings is 1. The Labute approximate surface area is 134 Å². The van der Waals surface area contributed by atoms with Crippen LogP contribution in [-0.2, 0) is 16.0 Å². The number of ether oxygens (including phenoxy) is 2. The van der Waals surface area contributed by atoms with Gasteiger partial charge >= 0.3 is 5.97 Å². The minimum Gasteiger partial charge on any atom is -0.492 e. The number of carbonyl (C=O) groups excluding carboxylic acids is 1. The lowest BCUT2D eigenvalue weighted by Gasteiger charge is -2.27. The topological polar surface area (TPSA) is 61.5 Å². The van der Waals surface area contributed by atoms with Gasteiger partial charge < -0.3 is 15.2 Å². The highest BCUT2D eigenvalue weighted by Crippen LogP contribution is 2.31. The Balaban J connectivity index is 2.77. The molecule has 1 atom stereocenters. The largest absolute Gasteiger partial charge is 0.492 e. The quantitative estimate of drug-likeness (QED) is 0.674. The highest BCUT2D eigenvalue weighted by Gasteiger charge is 2.34. The summed E-state index contributed by atoms with van der Waals surface area (Å²) in [5, 5.41) is 0. The van der Waals surface area contributed by atoms with Gasteiger partial charge in [0, 0.05) is 6.54 Å². The zero-order valence-corrected chi connectivity index (χ0v) is 14.1. The molecule has 1 aromatic carbocycles. The fourth-order valence-electron chi connectivity index (χ4n) is 2.47. The van der Waals surface area contributed by atoms with E-state index in [9.17, 15) is 4.79 Å². The van der Waals surface area contributed by atoms with E-state index in [0.29, 0.717) is 26.2 Å². The lowest BCUT2D eigenvalue weighted by molar-refractivity contribution is -0.154. The number of rotatable bonds is 10. The van der Waals surface area contributed by atoms with Crippen LogP contribution in [0.2, 0.25) is 0 Å². The van der Waals surface area contributed by atoms with Crippen LogP contribution in [0.15, 0.2) is 24.3 Å². The van der Waals surface area contributed by atoms with Gasteiger partial charge in [0.1, 0.15) is 12.4 Å². The molecule has 1 unspecified atom stereocenters. The monoisotopic (exact) mass is 307 g/mol. The number of nitrogens with two attached hydrogens (primary N) is 1. The number of carbonyl (C=O) groups is 1. The van der Waals surface area contributed by atoms with Crippen LogP contribution >= 0.6 is 0 Å². The van der Waals surface area contributed by atoms with E-state index in [1.807, 2.05) is 38.1 Å². The van der Waals surface area contributed by atoms with Crippen molar-refractivity contribution < 1.29 is 14.3 Å². The number of hydrogen-bond donors (Lipinski definition) is 1. The van der Waals surface area contributed by atoms with Crippen LogP contribution in [0.3, 0.4) is 0 Å². The molecule has 0 bridgehead atoms. The summed E-state index contributed by atoms with van der Waals surface area (Å²) in [6.45, 7) is 7.42. The molecular weight excluding hydrogens is 278 g/mol. The van der Waals surface area contributed by atoms with Gasteiger partial charge in [0.2, 0.25) is 0 Å². The van der Waals surface area contributed by atoms with Crippen molar-refractivity contribution in [3.05, 3.63) is 29.8 Å². The molecule has 2 N–H and O–H groups in total. The second-order valence-electron chi connectivity index (χ2n) is 5.84. The molecule has 4 nitrogen and oxygen atoms in total. The Bertz CT molecular complexity index is 444. The van der Waals surface area contributed by atoms with Crippen molar-refractivity contribution in [2.45, 2.75) is 46.5 Å². The third-order valence-corrected chi connectivity index (χ3v) is 3.75. The van der Waals surface area contributed by atoms with Crippen molar-refractivity contribution in [2.24, 2.45) is 11.1 Å². The smallest absolute Gasteiger partial charge is 0.312 e. The van der Waals surface area contributed by atoms with Gasteiger partial charge in [0.25, 0.3) is 0 Å². The van der Waals surface area contributed by atoms with Gasteiger partial charge in [-0.25, -0.2) is 0 Å². The molecule has 0 aliphatic rings. The molecule has 0 radical (unpaired) electrons. The summed E-state index contributed by atoms with van der Waals surface area (Å²) in [4.78, 5) is 12.3. The summed E-state index contributed by atoms with van der Waals surface area (Å²) < 4.78 is 10.8. The highest BCUT2D eigenvalue weighted by molar-refractivity contribution is 5.76. The standard InChI is InChI=1S/C18H29NO3/c1-4-6-11-18(3,17(20)21-5-2)14-15-7-9-16(10-8-15)22-13-12-19/h7-10H,4-6,11-14,19H2,1-3H3. The van der Waals surface area contributed by atoms with Crippen molar-refractivity contribution in [1.82, 2.24) is 0 Å². The summed E-state index contributed by atoms with van der Waals surface area (Å²) in [6.07, 6.45) is 3.62. The third kappa shape index (κ3) is 5.68. The van der Waals surface area contributed by atoms with Crippen molar-refractivity contribution in [3.63, 3.8) is 0 Å². The molecule has 0 spiro atoms. The molecule has 0 amide bonds. The first-order valence-corrected chi connectivity index (χ1v) is 8.14. The van der Waals surface area contributed by atoms with Crippen LogP contribution in [0.5, 0.6) is 5.75 Å². The van der Waals surface area contributed by atoms with Crippen LogP contribution in [0.1, 0.15) is 45.6 Å². The molecule has 22 heavy (non-hydrogen) atoms. The molecule has 124 valence electrons. The molecule has 0 aliphatic carbocycles. The first kappa shape index (κ1) is 18.5. The van der Waals surface area contributed by atoms with E-state index in [1.165, 1.54) is 0 Å². The molecule has 0 aromatic heterocycles. The molecule has 0 saturated carbocycles. The summed E-state index contributed by atoms with van der Waals surface area (Å²) in [6, 6.07) is 7.87. The van der Waals surface area contributed by atoms with Crippen LogP contribution in [0.25, 0.3) is 0 Å². The number of unbranched alkanes of at least 4 members (excludes halogenated alkanes) is 1. The van der Waals surface area contributed by atoms with Crippen LogP contribution < -0.4 is 10.5 Å². The predicted molar refractivity (Wildman–Crippen MR) is 89.0 cm³/mol. The van der Waals surface area contributed by atoms with Crippen LogP contribution in [0.4, 0.5) is 0 Å². The second-order valence-corrected chi connectivity index (χ2v) is 5.84. The number of hydrogen-bond acceptors (Lipinski definition) is 4. The predicted octanol–water partition coefficient (Wildman–Crippen LogP) is 3.33. The Morgan fingerprint density at radius 2 is 1.91 bits per heavy atom. The molecule has 0 heterocycles. The van der Waals surface area contributed by atoms with Crippen molar-refractivity contribution in [2.75, 3.05) is 19.8 Å². The molecule has 1 rings (SSSR count). The summed E-state index contributed by atoms with van der Waals surface area (Å²) in [7, 11) is 0. The van der Waals surface area contributed by atoms with E-state index < -0.39 is 5.41 Å². The van der Waals surface area contributed by atoms with E-state index >= 15 is 0 Å². The van der Waals surface area contributed by atoms with Crippen LogP contribution in [0, 0.1) is 5.41 Å². The summed E-state index contributed by atoms with van der Waals surface area (Å²) in [5.41, 5.74) is 6.07. The zero-order chi connectivity index (χ0) is 16.4. The molecule has 0 fully saturated rings. The maximum atomic E-state index is 12.3. The normalized spacial score (nSPS) is 13.5. The minimum atomic E-state index is -0.467. The van der Waals surface area contributed by atoms with Gasteiger partial charge in [-0.05, 0) is 44.4 Å². The van der Waals surface area contributed by atoms with Crippen molar-refractivity contribution in [3.8, 4) is 5.75 Å². The number of esters is 1. The molecule has 0 aliphatic heterocycles. The van der Waals surface area contributed by atoms with Crippen LogP contribution in [-0.4, -0.2) is 25.7 Å². The molecule has 1 aromatic rings. The van der Waals surface area contributed by atoms with Crippen molar-refractivity contribution in [1.29, 1.82) is 0 Å². The van der Waals surface area contributed by atoms with E-state index in [2.05, 4.69) is 6.92 Å². The SMILES string of the molecule is CCCCC(C)(Cc1ccc(OCCN)cc1)C(=O)OCC. The van der Waals surface area contributed by atoms with Gasteiger partial charge in [-0.15, -0.1) is 0 Å². The zero-order valence-electron chi connectivity index (χ0n) is 14.1. The van der Waals surface area contributed by atoms with E-state index in [4.69, 9.17) is 15.2 Å². The first-order valence-electron chi connectivity index (χ1n) is 8.14. The maximum absolute atomic E-state index is 12.3. The minimum absolute atomic E-state index is 0.105. The fourth-order valence-corrected chi connectivity index (χ4v) is 2.47. The Hall–Kier alpha value is -1.55. The summed E-state index contributed by atoms with van der Waals surface area (Å²) >= 11 is 0. The first-order chi connectivity index (χ1) is 10.6. The Morgan fingerprint density at radius 3 is 2.45 bits per heavy atom.